The highest BCUT2D eigenvalue weighted by molar-refractivity contribution is 7.17. The van der Waals surface area contributed by atoms with E-state index in [-0.39, 0.29) is 35.2 Å². The van der Waals surface area contributed by atoms with Crippen molar-refractivity contribution < 1.29 is 18.3 Å². The zero-order valence-electron chi connectivity index (χ0n) is 20.6. The Morgan fingerprint density at radius 2 is 1.89 bits per heavy atom. The second kappa shape index (κ2) is 11.1. The second-order valence-corrected chi connectivity index (χ2v) is 9.89. The minimum absolute atomic E-state index is 0.0154. The summed E-state index contributed by atoms with van der Waals surface area (Å²) in [5.74, 6) is -0.912. The summed E-state index contributed by atoms with van der Waals surface area (Å²) >= 11 is 1.40. The van der Waals surface area contributed by atoms with Gasteiger partial charge in [0.1, 0.15) is 16.1 Å². The number of amides is 1. The summed E-state index contributed by atoms with van der Waals surface area (Å²) in [6.07, 6.45) is 2.81. The zero-order chi connectivity index (χ0) is 26.6. The Balaban J connectivity index is 1.36. The Morgan fingerprint density at radius 1 is 1.13 bits per heavy atom. The lowest BCUT2D eigenvalue weighted by molar-refractivity contribution is -0.111. The predicted molar refractivity (Wildman–Crippen MR) is 147 cm³/mol. The Kier molecular flexibility index (Phi) is 7.47. The van der Waals surface area contributed by atoms with Gasteiger partial charge < -0.3 is 25.6 Å². The molecule has 1 fully saturated rings. The van der Waals surface area contributed by atoms with Crippen LogP contribution < -0.4 is 20.7 Å². The van der Waals surface area contributed by atoms with Crippen LogP contribution in [0.1, 0.15) is 12.8 Å². The molecule has 0 bridgehead atoms. The Bertz CT molecular complexity index is 1460. The van der Waals surface area contributed by atoms with Crippen molar-refractivity contribution in [3.05, 3.63) is 72.1 Å². The summed E-state index contributed by atoms with van der Waals surface area (Å²) in [5.41, 5.74) is 1.18. The number of anilines is 4. The average Bonchev–Trinajstić information content (AvgIpc) is 3.36. The minimum Gasteiger partial charge on any atom is -0.437 e. The van der Waals surface area contributed by atoms with Gasteiger partial charge in [0.25, 0.3) is 0 Å². The van der Waals surface area contributed by atoms with Crippen molar-refractivity contribution in [1.82, 2.24) is 14.9 Å². The van der Waals surface area contributed by atoms with Crippen molar-refractivity contribution in [3.63, 3.8) is 0 Å². The summed E-state index contributed by atoms with van der Waals surface area (Å²) in [6.45, 7) is 5.20. The van der Waals surface area contributed by atoms with E-state index >= 15 is 0 Å². The normalized spacial score (nSPS) is 14.3. The number of hydrogen-bond donors (Lipinski definition) is 3. The van der Waals surface area contributed by atoms with Gasteiger partial charge in [-0.15, -0.1) is 11.3 Å². The van der Waals surface area contributed by atoms with Crippen LogP contribution in [0.3, 0.4) is 0 Å². The van der Waals surface area contributed by atoms with Gasteiger partial charge in [-0.2, -0.15) is 4.98 Å². The summed E-state index contributed by atoms with van der Waals surface area (Å²) < 4.78 is 36.6. The average molecular weight is 537 g/mol. The number of thiophene rings is 1. The van der Waals surface area contributed by atoms with E-state index in [4.69, 9.17) is 4.74 Å². The quantitative estimate of drug-likeness (QED) is 0.233. The number of nitrogens with zero attached hydrogens (tertiary/aromatic N) is 3. The number of carbonyl (C=O) groups excluding carboxylic acids is 1. The molecule has 2 aromatic carbocycles. The van der Waals surface area contributed by atoms with E-state index in [1.54, 1.807) is 30.3 Å². The van der Waals surface area contributed by atoms with Crippen LogP contribution in [0.25, 0.3) is 10.2 Å². The fourth-order valence-corrected chi connectivity index (χ4v) is 4.93. The molecule has 1 aliphatic rings. The lowest BCUT2D eigenvalue weighted by Gasteiger charge is -2.30. The SMILES string of the molecule is C=CC(=O)Nc1cccc(Oc2nc(Nc3cc(F)c(NC4CCN(C)CC4)c(F)c3)nc3ccsc23)c1. The van der Waals surface area contributed by atoms with Gasteiger partial charge in [-0.25, -0.2) is 13.8 Å². The predicted octanol–water partition coefficient (Wildman–Crippen LogP) is 6.14. The molecule has 3 N–H and O–H groups in total. The van der Waals surface area contributed by atoms with Gasteiger partial charge in [0.2, 0.25) is 17.7 Å². The fourth-order valence-electron chi connectivity index (χ4n) is 4.17. The third kappa shape index (κ3) is 5.90. The highest BCUT2D eigenvalue weighted by atomic mass is 32.1. The number of halogens is 2. The molecule has 2 aromatic heterocycles. The van der Waals surface area contributed by atoms with Crippen molar-refractivity contribution in [2.45, 2.75) is 18.9 Å². The maximum atomic E-state index is 14.9. The van der Waals surface area contributed by atoms with Gasteiger partial charge in [-0.05, 0) is 74.8 Å². The smallest absolute Gasteiger partial charge is 0.247 e. The molecule has 38 heavy (non-hydrogen) atoms. The monoisotopic (exact) mass is 536 g/mol. The van der Waals surface area contributed by atoms with Gasteiger partial charge in [-0.3, -0.25) is 4.79 Å². The van der Waals surface area contributed by atoms with E-state index in [1.165, 1.54) is 29.5 Å². The van der Waals surface area contributed by atoms with E-state index in [1.807, 2.05) is 12.4 Å². The molecule has 4 aromatic rings. The summed E-state index contributed by atoms with van der Waals surface area (Å²) in [4.78, 5) is 22.7. The fraction of sp³-hybridized carbons (Fsp3) is 0.222. The Labute approximate surface area is 222 Å². The molecule has 0 atom stereocenters. The summed E-state index contributed by atoms with van der Waals surface area (Å²) in [7, 11) is 2.03. The summed E-state index contributed by atoms with van der Waals surface area (Å²) in [5, 5.41) is 10.4. The van der Waals surface area contributed by atoms with Crippen molar-refractivity contribution in [2.75, 3.05) is 36.1 Å². The minimum atomic E-state index is -0.696. The van der Waals surface area contributed by atoms with Crippen LogP contribution in [-0.4, -0.2) is 47.0 Å². The highest BCUT2D eigenvalue weighted by Crippen LogP contribution is 2.34. The topological polar surface area (TPSA) is 91.4 Å². The molecular weight excluding hydrogens is 510 g/mol. The number of nitrogens with one attached hydrogen (secondary N) is 3. The number of aromatic nitrogens is 2. The third-order valence-electron chi connectivity index (χ3n) is 6.14. The van der Waals surface area contributed by atoms with Crippen molar-refractivity contribution in [1.29, 1.82) is 0 Å². The molecule has 0 aliphatic carbocycles. The molecular formula is C27H26F2N6O2S. The van der Waals surface area contributed by atoms with Crippen molar-refractivity contribution in [3.8, 4) is 11.6 Å². The first-order valence-electron chi connectivity index (χ1n) is 12.1. The molecule has 8 nitrogen and oxygen atoms in total. The number of rotatable bonds is 8. The standard InChI is InChI=1S/C27H26F2N6O2S/c1-3-23(36)30-17-5-4-6-19(13-17)37-26-25-22(9-12-38-25)33-27(34-26)32-18-14-20(28)24(21(29)15-18)31-16-7-10-35(2)11-8-16/h3-6,9,12-16,31H,1,7-8,10-11H2,2H3,(H,30,36)(H,32,33,34). The van der Waals surface area contributed by atoms with E-state index in [0.717, 1.165) is 25.9 Å². The maximum Gasteiger partial charge on any atom is 0.247 e. The molecule has 11 heteroatoms. The first kappa shape index (κ1) is 25.6. The molecule has 0 spiro atoms. The molecule has 196 valence electrons. The van der Waals surface area contributed by atoms with Crippen LogP contribution in [0, 0.1) is 11.6 Å². The van der Waals surface area contributed by atoms with Gasteiger partial charge in [0.15, 0.2) is 11.6 Å². The van der Waals surface area contributed by atoms with Crippen LogP contribution in [0.2, 0.25) is 0 Å². The number of ether oxygens (including phenoxy) is 1. The van der Waals surface area contributed by atoms with Crippen LogP contribution in [0.15, 0.2) is 60.5 Å². The lowest BCUT2D eigenvalue weighted by atomic mass is 10.0. The number of carbonyl (C=O) groups is 1. The van der Waals surface area contributed by atoms with Gasteiger partial charge in [0, 0.05) is 23.5 Å². The number of piperidine rings is 1. The van der Waals surface area contributed by atoms with Gasteiger partial charge >= 0.3 is 0 Å². The van der Waals surface area contributed by atoms with E-state index < -0.39 is 11.6 Å². The first-order chi connectivity index (χ1) is 18.4. The van der Waals surface area contributed by atoms with E-state index in [2.05, 4.69) is 37.4 Å². The van der Waals surface area contributed by atoms with E-state index in [0.29, 0.717) is 21.7 Å². The number of hydrogen-bond acceptors (Lipinski definition) is 8. The second-order valence-electron chi connectivity index (χ2n) is 8.97. The number of fused-ring (bicyclic) bond motifs is 1. The summed E-state index contributed by atoms with van der Waals surface area (Å²) in [6, 6.07) is 11.1. The van der Waals surface area contributed by atoms with Crippen LogP contribution in [0.4, 0.5) is 31.8 Å². The molecule has 5 rings (SSSR count). The van der Waals surface area contributed by atoms with Crippen molar-refractivity contribution in [2.24, 2.45) is 0 Å². The maximum absolute atomic E-state index is 14.9. The lowest BCUT2D eigenvalue weighted by Crippen LogP contribution is -2.37. The molecule has 1 aliphatic heterocycles. The van der Waals surface area contributed by atoms with Gasteiger partial charge in [0.05, 0.1) is 5.52 Å². The molecule has 3 heterocycles. The van der Waals surface area contributed by atoms with Crippen LogP contribution in [-0.2, 0) is 4.79 Å². The zero-order valence-corrected chi connectivity index (χ0v) is 21.4. The van der Waals surface area contributed by atoms with Crippen LogP contribution >= 0.6 is 11.3 Å². The molecule has 0 saturated carbocycles. The van der Waals surface area contributed by atoms with Gasteiger partial charge in [-0.1, -0.05) is 12.6 Å². The van der Waals surface area contributed by atoms with Crippen LogP contribution in [0.5, 0.6) is 11.6 Å². The molecule has 1 saturated heterocycles. The Hall–Kier alpha value is -4.09. The molecule has 0 unspecified atom stereocenters. The Morgan fingerprint density at radius 3 is 2.63 bits per heavy atom. The highest BCUT2D eigenvalue weighted by Gasteiger charge is 2.21. The number of likely N-dealkylation sites (tertiary alicyclic amines) is 1. The number of benzene rings is 2. The molecule has 0 radical (unpaired) electrons. The molecule has 1 amide bonds. The first-order valence-corrected chi connectivity index (χ1v) is 12.9. The third-order valence-corrected chi connectivity index (χ3v) is 7.03. The van der Waals surface area contributed by atoms with Crippen molar-refractivity contribution >= 4 is 50.5 Å². The van der Waals surface area contributed by atoms with E-state index in [9.17, 15) is 13.6 Å². The largest absolute Gasteiger partial charge is 0.437 e.